The van der Waals surface area contributed by atoms with Crippen molar-refractivity contribution in [2.24, 2.45) is 0 Å². The molecule has 0 aliphatic carbocycles. The van der Waals surface area contributed by atoms with E-state index in [0.717, 1.165) is 27.6 Å². The van der Waals surface area contributed by atoms with Crippen molar-refractivity contribution in [1.29, 1.82) is 0 Å². The Kier molecular flexibility index (Phi) is 1.95. The fourth-order valence-corrected chi connectivity index (χ4v) is 2.10. The molecule has 17 heavy (non-hydrogen) atoms. The zero-order valence-corrected chi connectivity index (χ0v) is 9.50. The standard InChI is InChI=1S/C12H11N3O2/c1-6-3-9-7(4-10(6)17-2)8-5-13-15-12(16)11(8)14-9/h3-5,14H,1-2H3,(H,15,16). The van der Waals surface area contributed by atoms with Crippen LogP contribution >= 0.6 is 0 Å². The predicted molar refractivity (Wildman–Crippen MR) is 65.5 cm³/mol. The molecule has 0 unspecified atom stereocenters. The van der Waals surface area contributed by atoms with Crippen LogP contribution < -0.4 is 10.3 Å². The van der Waals surface area contributed by atoms with Crippen molar-refractivity contribution >= 4 is 21.8 Å². The molecule has 0 spiro atoms. The topological polar surface area (TPSA) is 70.8 Å². The third kappa shape index (κ3) is 1.32. The van der Waals surface area contributed by atoms with Crippen molar-refractivity contribution in [3.8, 4) is 5.75 Å². The molecule has 0 saturated heterocycles. The van der Waals surface area contributed by atoms with Gasteiger partial charge in [-0.05, 0) is 24.6 Å². The lowest BCUT2D eigenvalue weighted by Gasteiger charge is -2.03. The number of methoxy groups -OCH3 is 1. The van der Waals surface area contributed by atoms with Crippen LogP contribution in [0.5, 0.6) is 5.75 Å². The molecular formula is C12H11N3O2. The van der Waals surface area contributed by atoms with Gasteiger partial charge in [0.2, 0.25) is 0 Å². The Balaban J connectivity index is 2.53. The molecule has 2 N–H and O–H groups in total. The number of aromatic amines is 2. The molecule has 0 saturated carbocycles. The first-order valence-corrected chi connectivity index (χ1v) is 5.24. The molecule has 0 radical (unpaired) electrons. The van der Waals surface area contributed by atoms with Gasteiger partial charge < -0.3 is 9.72 Å². The van der Waals surface area contributed by atoms with Crippen molar-refractivity contribution in [1.82, 2.24) is 15.2 Å². The number of ether oxygens (including phenoxy) is 1. The van der Waals surface area contributed by atoms with E-state index in [1.165, 1.54) is 0 Å². The third-order valence-electron chi connectivity index (χ3n) is 2.94. The van der Waals surface area contributed by atoms with E-state index in [4.69, 9.17) is 4.74 Å². The van der Waals surface area contributed by atoms with Gasteiger partial charge in [0.25, 0.3) is 5.56 Å². The van der Waals surface area contributed by atoms with Gasteiger partial charge in [0.15, 0.2) is 0 Å². The fourth-order valence-electron chi connectivity index (χ4n) is 2.10. The van der Waals surface area contributed by atoms with Crippen LogP contribution in [0.15, 0.2) is 23.1 Å². The summed E-state index contributed by atoms with van der Waals surface area (Å²) in [4.78, 5) is 14.7. The van der Waals surface area contributed by atoms with Crippen molar-refractivity contribution < 1.29 is 4.74 Å². The van der Waals surface area contributed by atoms with Crippen LogP contribution in [0.4, 0.5) is 0 Å². The van der Waals surface area contributed by atoms with Crippen LogP contribution in [0, 0.1) is 6.92 Å². The number of nitrogens with one attached hydrogen (secondary N) is 2. The summed E-state index contributed by atoms with van der Waals surface area (Å²) >= 11 is 0. The van der Waals surface area contributed by atoms with Crippen LogP contribution in [0.2, 0.25) is 0 Å². The van der Waals surface area contributed by atoms with Crippen molar-refractivity contribution in [3.05, 3.63) is 34.2 Å². The third-order valence-corrected chi connectivity index (χ3v) is 2.94. The lowest BCUT2D eigenvalue weighted by atomic mass is 10.1. The minimum atomic E-state index is -0.213. The Morgan fingerprint density at radius 1 is 1.29 bits per heavy atom. The first-order chi connectivity index (χ1) is 8.20. The van der Waals surface area contributed by atoms with Crippen molar-refractivity contribution in [3.63, 3.8) is 0 Å². The maximum Gasteiger partial charge on any atom is 0.288 e. The van der Waals surface area contributed by atoms with Crippen molar-refractivity contribution in [2.45, 2.75) is 6.92 Å². The normalized spacial score (nSPS) is 11.2. The maximum absolute atomic E-state index is 11.6. The van der Waals surface area contributed by atoms with Crippen LogP contribution in [-0.4, -0.2) is 22.3 Å². The number of H-pyrrole nitrogens is 2. The van der Waals surface area contributed by atoms with E-state index in [1.54, 1.807) is 13.3 Å². The molecule has 0 fully saturated rings. The zero-order chi connectivity index (χ0) is 12.0. The van der Waals surface area contributed by atoms with Gasteiger partial charge in [-0.3, -0.25) is 4.79 Å². The van der Waals surface area contributed by atoms with Gasteiger partial charge in [-0.15, -0.1) is 0 Å². The van der Waals surface area contributed by atoms with E-state index in [-0.39, 0.29) is 5.56 Å². The van der Waals surface area contributed by atoms with E-state index in [9.17, 15) is 4.79 Å². The summed E-state index contributed by atoms with van der Waals surface area (Å²) in [6.45, 7) is 1.96. The maximum atomic E-state index is 11.6. The summed E-state index contributed by atoms with van der Waals surface area (Å²) in [5.74, 6) is 0.804. The van der Waals surface area contributed by atoms with Gasteiger partial charge in [-0.25, -0.2) is 5.10 Å². The van der Waals surface area contributed by atoms with Gasteiger partial charge in [-0.1, -0.05) is 0 Å². The first kappa shape index (κ1) is 9.89. The SMILES string of the molecule is COc1cc2c(cc1C)[nH]c1c(=O)[nH]ncc12. The highest BCUT2D eigenvalue weighted by molar-refractivity contribution is 6.07. The highest BCUT2D eigenvalue weighted by Crippen LogP contribution is 2.29. The number of hydrogen-bond acceptors (Lipinski definition) is 3. The summed E-state index contributed by atoms with van der Waals surface area (Å²) in [5.41, 5.74) is 2.27. The van der Waals surface area contributed by atoms with Crippen molar-refractivity contribution in [2.75, 3.05) is 7.11 Å². The summed E-state index contributed by atoms with van der Waals surface area (Å²) in [6, 6.07) is 3.89. The lowest BCUT2D eigenvalue weighted by Crippen LogP contribution is -2.06. The number of nitrogens with zero attached hydrogens (tertiary/aromatic N) is 1. The molecule has 0 bridgehead atoms. The average Bonchev–Trinajstić information content (AvgIpc) is 2.67. The zero-order valence-electron chi connectivity index (χ0n) is 9.50. The average molecular weight is 229 g/mol. The molecule has 3 aromatic rings. The monoisotopic (exact) mass is 229 g/mol. The molecule has 0 aliphatic rings. The molecule has 1 aromatic carbocycles. The van der Waals surface area contributed by atoms with Gasteiger partial charge >= 0.3 is 0 Å². The Morgan fingerprint density at radius 3 is 2.88 bits per heavy atom. The molecule has 2 heterocycles. The molecule has 86 valence electrons. The molecule has 5 nitrogen and oxygen atoms in total. The highest BCUT2D eigenvalue weighted by atomic mass is 16.5. The number of aromatic nitrogens is 3. The highest BCUT2D eigenvalue weighted by Gasteiger charge is 2.10. The Hall–Kier alpha value is -2.30. The Bertz CT molecular complexity index is 770. The van der Waals surface area contributed by atoms with Crippen LogP contribution in [0.3, 0.4) is 0 Å². The molecule has 0 amide bonds. The molecule has 5 heteroatoms. The summed E-state index contributed by atoms with van der Waals surface area (Å²) in [6.07, 6.45) is 1.64. The number of hydrogen-bond donors (Lipinski definition) is 2. The van der Waals surface area contributed by atoms with Gasteiger partial charge in [0, 0.05) is 16.3 Å². The summed E-state index contributed by atoms with van der Waals surface area (Å²) in [5, 5.41) is 7.98. The predicted octanol–water partition coefficient (Wildman–Crippen LogP) is 1.72. The van der Waals surface area contributed by atoms with Crippen LogP contribution in [-0.2, 0) is 0 Å². The van der Waals surface area contributed by atoms with E-state index >= 15 is 0 Å². The van der Waals surface area contributed by atoms with E-state index in [0.29, 0.717) is 5.52 Å². The van der Waals surface area contributed by atoms with Gasteiger partial charge in [0.1, 0.15) is 11.3 Å². The van der Waals surface area contributed by atoms with Gasteiger partial charge in [-0.2, -0.15) is 5.10 Å². The summed E-state index contributed by atoms with van der Waals surface area (Å²) < 4.78 is 5.28. The van der Waals surface area contributed by atoms with E-state index in [1.807, 2.05) is 19.1 Å². The van der Waals surface area contributed by atoms with Gasteiger partial charge in [0.05, 0.1) is 13.3 Å². The molecular weight excluding hydrogens is 218 g/mol. The second kappa shape index (κ2) is 3.35. The first-order valence-electron chi connectivity index (χ1n) is 5.24. The molecule has 0 atom stereocenters. The number of benzene rings is 1. The lowest BCUT2D eigenvalue weighted by molar-refractivity contribution is 0.412. The Labute approximate surface area is 96.4 Å². The molecule has 2 aromatic heterocycles. The second-order valence-electron chi connectivity index (χ2n) is 3.98. The molecule has 3 rings (SSSR count). The smallest absolute Gasteiger partial charge is 0.288 e. The van der Waals surface area contributed by atoms with E-state index < -0.39 is 0 Å². The minimum absolute atomic E-state index is 0.213. The minimum Gasteiger partial charge on any atom is -0.496 e. The quantitative estimate of drug-likeness (QED) is 0.667. The second-order valence-corrected chi connectivity index (χ2v) is 3.98. The number of rotatable bonds is 1. The van der Waals surface area contributed by atoms with Crippen LogP contribution in [0.25, 0.3) is 21.8 Å². The summed E-state index contributed by atoms with van der Waals surface area (Å²) in [7, 11) is 1.63. The number of fused-ring (bicyclic) bond motifs is 3. The fraction of sp³-hybridized carbons (Fsp3) is 0.167. The van der Waals surface area contributed by atoms with Crippen LogP contribution in [0.1, 0.15) is 5.56 Å². The van der Waals surface area contributed by atoms with E-state index in [2.05, 4.69) is 15.2 Å². The molecule has 0 aliphatic heterocycles. The Morgan fingerprint density at radius 2 is 2.12 bits per heavy atom. The number of aryl methyl sites for hydroxylation is 1. The largest absolute Gasteiger partial charge is 0.496 e.